The lowest BCUT2D eigenvalue weighted by Gasteiger charge is -2.11. The second kappa shape index (κ2) is 4.81. The smallest absolute Gasteiger partial charge is 0.493 e. The summed E-state index contributed by atoms with van der Waals surface area (Å²) in [6.07, 6.45) is 1.46. The van der Waals surface area contributed by atoms with Crippen molar-refractivity contribution >= 4 is 7.82 Å². The van der Waals surface area contributed by atoms with Gasteiger partial charge in [0.15, 0.2) is 17.3 Å². The summed E-state index contributed by atoms with van der Waals surface area (Å²) >= 11 is 0. The van der Waals surface area contributed by atoms with E-state index in [1.165, 1.54) is 25.4 Å². The Labute approximate surface area is 102 Å². The van der Waals surface area contributed by atoms with Gasteiger partial charge in [-0.15, -0.1) is 0 Å². The number of phosphoric acid groups is 1. The Morgan fingerprint density at radius 1 is 1.28 bits per heavy atom. The van der Waals surface area contributed by atoms with Crippen LogP contribution < -0.4 is 9.26 Å². The first-order valence-corrected chi connectivity index (χ1v) is 6.37. The second-order valence-electron chi connectivity index (χ2n) is 3.32. The zero-order valence-corrected chi connectivity index (χ0v) is 10.2. The van der Waals surface area contributed by atoms with Crippen molar-refractivity contribution in [2.24, 2.45) is 0 Å². The largest absolute Gasteiger partial charge is 0.524 e. The van der Waals surface area contributed by atoms with E-state index in [2.05, 4.69) is 9.68 Å². The van der Waals surface area contributed by atoms with E-state index in [1.54, 1.807) is 12.1 Å². The third-order valence-electron chi connectivity index (χ3n) is 2.10. The molecule has 1 aromatic heterocycles. The molecule has 0 amide bonds. The predicted octanol–water partition coefficient (Wildman–Crippen LogP) is 1.82. The molecule has 96 valence electrons. The molecule has 0 aliphatic heterocycles. The Bertz CT molecular complexity index is 576. The summed E-state index contributed by atoms with van der Waals surface area (Å²) < 4.78 is 25.3. The molecule has 2 aromatic rings. The molecule has 0 unspecified atom stereocenters. The number of methoxy groups -OCH3 is 1. The lowest BCUT2D eigenvalue weighted by atomic mass is 10.1. The van der Waals surface area contributed by atoms with Crippen LogP contribution in [0.15, 0.2) is 35.0 Å². The third kappa shape index (κ3) is 2.89. The lowest BCUT2D eigenvalue weighted by molar-refractivity contribution is 0.276. The predicted molar refractivity (Wildman–Crippen MR) is 61.2 cm³/mol. The van der Waals surface area contributed by atoms with E-state index in [-0.39, 0.29) is 11.5 Å². The Kier molecular flexibility index (Phi) is 3.38. The molecule has 1 heterocycles. The van der Waals surface area contributed by atoms with Gasteiger partial charge < -0.3 is 13.8 Å². The average Bonchev–Trinajstić information content (AvgIpc) is 2.80. The number of nitrogens with zero attached hydrogens (tertiary/aromatic N) is 1. The molecule has 0 aliphatic rings. The minimum atomic E-state index is -4.65. The number of aromatic nitrogens is 1. The van der Waals surface area contributed by atoms with Crippen LogP contribution in [0, 0.1) is 0 Å². The highest BCUT2D eigenvalue weighted by atomic mass is 31.2. The van der Waals surface area contributed by atoms with Crippen LogP contribution in [-0.2, 0) is 4.57 Å². The van der Waals surface area contributed by atoms with E-state index in [1.807, 2.05) is 0 Å². The van der Waals surface area contributed by atoms with E-state index >= 15 is 0 Å². The van der Waals surface area contributed by atoms with Gasteiger partial charge in [0.05, 0.1) is 13.3 Å². The topological polar surface area (TPSA) is 102 Å². The number of ether oxygens (including phenoxy) is 1. The first-order chi connectivity index (χ1) is 8.49. The molecule has 0 saturated heterocycles. The van der Waals surface area contributed by atoms with Crippen molar-refractivity contribution in [1.29, 1.82) is 0 Å². The molecule has 8 heteroatoms. The van der Waals surface area contributed by atoms with Gasteiger partial charge in [-0.3, -0.25) is 9.79 Å². The summed E-state index contributed by atoms with van der Waals surface area (Å²) in [6.45, 7) is 0. The SMILES string of the molecule is COc1ccc(-c2ccno2)cc1OP(=O)(O)O. The summed E-state index contributed by atoms with van der Waals surface area (Å²) in [7, 11) is -3.28. The van der Waals surface area contributed by atoms with E-state index < -0.39 is 7.82 Å². The molecule has 0 radical (unpaired) electrons. The van der Waals surface area contributed by atoms with Crippen LogP contribution in [-0.4, -0.2) is 22.1 Å². The highest BCUT2D eigenvalue weighted by molar-refractivity contribution is 7.46. The van der Waals surface area contributed by atoms with Crippen molar-refractivity contribution in [2.45, 2.75) is 0 Å². The van der Waals surface area contributed by atoms with Crippen molar-refractivity contribution < 1.29 is 28.1 Å². The molecule has 0 fully saturated rings. The molecule has 7 nitrogen and oxygen atoms in total. The molecule has 0 atom stereocenters. The van der Waals surface area contributed by atoms with E-state index in [0.717, 1.165) is 0 Å². The third-order valence-corrected chi connectivity index (χ3v) is 2.54. The second-order valence-corrected chi connectivity index (χ2v) is 4.49. The highest BCUT2D eigenvalue weighted by Crippen LogP contribution is 2.43. The Morgan fingerprint density at radius 3 is 2.61 bits per heavy atom. The number of hydrogen-bond donors (Lipinski definition) is 2. The van der Waals surface area contributed by atoms with Gasteiger partial charge in [-0.2, -0.15) is 0 Å². The van der Waals surface area contributed by atoms with Crippen LogP contribution in [0.4, 0.5) is 0 Å². The zero-order chi connectivity index (χ0) is 13.2. The van der Waals surface area contributed by atoms with Gasteiger partial charge in [0.1, 0.15) is 0 Å². The fourth-order valence-electron chi connectivity index (χ4n) is 1.39. The van der Waals surface area contributed by atoms with Gasteiger partial charge in [-0.25, -0.2) is 4.57 Å². The number of phosphoric ester groups is 1. The monoisotopic (exact) mass is 271 g/mol. The minimum Gasteiger partial charge on any atom is -0.493 e. The summed E-state index contributed by atoms with van der Waals surface area (Å²) in [4.78, 5) is 17.6. The number of rotatable bonds is 4. The van der Waals surface area contributed by atoms with Crippen LogP contribution in [0.25, 0.3) is 11.3 Å². The van der Waals surface area contributed by atoms with Crippen LogP contribution in [0.5, 0.6) is 11.5 Å². The Hall–Kier alpha value is -1.82. The minimum absolute atomic E-state index is 0.0697. The molecular weight excluding hydrogens is 261 g/mol. The van der Waals surface area contributed by atoms with Gasteiger partial charge >= 0.3 is 7.82 Å². The summed E-state index contributed by atoms with van der Waals surface area (Å²) in [5, 5.41) is 3.54. The van der Waals surface area contributed by atoms with Gasteiger partial charge in [-0.05, 0) is 18.2 Å². The van der Waals surface area contributed by atoms with E-state index in [9.17, 15) is 4.57 Å². The molecule has 1 aromatic carbocycles. The lowest BCUT2D eigenvalue weighted by Crippen LogP contribution is -1.94. The standard InChI is InChI=1S/C10H10NO6P/c1-15-9-3-2-7(8-4-5-11-16-8)6-10(9)17-18(12,13)14/h2-6H,1H3,(H2,12,13,14). The fraction of sp³-hybridized carbons (Fsp3) is 0.100. The summed E-state index contributed by atoms with van der Waals surface area (Å²) in [5.74, 6) is 0.592. The Balaban J connectivity index is 2.42. The maximum absolute atomic E-state index is 10.8. The molecule has 2 rings (SSSR count). The summed E-state index contributed by atoms with van der Waals surface area (Å²) in [5.41, 5.74) is 0.566. The molecular formula is C10H10NO6P. The van der Waals surface area contributed by atoms with Crippen LogP contribution >= 0.6 is 7.82 Å². The van der Waals surface area contributed by atoms with Crippen molar-refractivity contribution in [1.82, 2.24) is 5.16 Å². The fourth-order valence-corrected chi connectivity index (χ4v) is 1.79. The maximum Gasteiger partial charge on any atom is 0.524 e. The van der Waals surface area contributed by atoms with Crippen molar-refractivity contribution in [3.63, 3.8) is 0 Å². The molecule has 2 N–H and O–H groups in total. The van der Waals surface area contributed by atoms with Crippen LogP contribution in [0.2, 0.25) is 0 Å². The van der Waals surface area contributed by atoms with E-state index in [4.69, 9.17) is 19.0 Å². The maximum atomic E-state index is 10.8. The summed E-state index contributed by atoms with van der Waals surface area (Å²) in [6, 6.07) is 6.19. The first kappa shape index (κ1) is 12.6. The van der Waals surface area contributed by atoms with Crippen LogP contribution in [0.1, 0.15) is 0 Å². The first-order valence-electron chi connectivity index (χ1n) is 4.84. The van der Waals surface area contributed by atoms with E-state index in [0.29, 0.717) is 11.3 Å². The van der Waals surface area contributed by atoms with Crippen LogP contribution in [0.3, 0.4) is 0 Å². The molecule has 0 aliphatic carbocycles. The quantitative estimate of drug-likeness (QED) is 0.817. The van der Waals surface area contributed by atoms with Crippen molar-refractivity contribution in [3.05, 3.63) is 30.5 Å². The molecule has 18 heavy (non-hydrogen) atoms. The normalized spacial score (nSPS) is 11.3. The number of hydrogen-bond acceptors (Lipinski definition) is 5. The zero-order valence-electron chi connectivity index (χ0n) is 9.31. The molecule has 0 spiro atoms. The Morgan fingerprint density at radius 2 is 2.06 bits per heavy atom. The highest BCUT2D eigenvalue weighted by Gasteiger charge is 2.20. The van der Waals surface area contributed by atoms with Crippen molar-refractivity contribution in [2.75, 3.05) is 7.11 Å². The molecule has 0 bridgehead atoms. The van der Waals surface area contributed by atoms with Crippen molar-refractivity contribution in [3.8, 4) is 22.8 Å². The van der Waals surface area contributed by atoms with Gasteiger partial charge in [-0.1, -0.05) is 5.16 Å². The van der Waals surface area contributed by atoms with Gasteiger partial charge in [0.25, 0.3) is 0 Å². The molecule has 0 saturated carbocycles. The van der Waals surface area contributed by atoms with Gasteiger partial charge in [0.2, 0.25) is 0 Å². The number of benzene rings is 1. The van der Waals surface area contributed by atoms with Gasteiger partial charge in [0, 0.05) is 11.6 Å². The average molecular weight is 271 g/mol.